The van der Waals surface area contributed by atoms with Gasteiger partial charge in [0.2, 0.25) is 5.78 Å². The number of benzene rings is 1. The second-order valence-electron chi connectivity index (χ2n) is 5.81. The van der Waals surface area contributed by atoms with Crippen LogP contribution in [0.4, 0.5) is 4.39 Å². The summed E-state index contributed by atoms with van der Waals surface area (Å²) in [4.78, 5) is 40.0. The second kappa shape index (κ2) is 7.89. The molecular formula is C19H15FN2O6. The van der Waals surface area contributed by atoms with Gasteiger partial charge in [0.05, 0.1) is 11.1 Å². The molecule has 0 saturated carbocycles. The molecule has 0 radical (unpaired) electrons. The van der Waals surface area contributed by atoms with Crippen LogP contribution in [0.3, 0.4) is 0 Å². The number of ketones is 1. The van der Waals surface area contributed by atoms with E-state index in [1.54, 1.807) is 0 Å². The summed E-state index contributed by atoms with van der Waals surface area (Å²) in [6.07, 6.45) is 0.487. The zero-order valence-electron chi connectivity index (χ0n) is 14.4. The van der Waals surface area contributed by atoms with Gasteiger partial charge in [0.15, 0.2) is 23.6 Å². The molecule has 0 aliphatic carbocycles. The summed E-state index contributed by atoms with van der Waals surface area (Å²) in [7, 11) is 0. The number of carbonyl (C=O) groups excluding carboxylic acids is 3. The van der Waals surface area contributed by atoms with Gasteiger partial charge in [0.1, 0.15) is 11.6 Å². The van der Waals surface area contributed by atoms with E-state index in [9.17, 15) is 23.9 Å². The van der Waals surface area contributed by atoms with Crippen LogP contribution < -0.4 is 11.2 Å². The van der Waals surface area contributed by atoms with Gasteiger partial charge in [-0.15, -0.1) is 0 Å². The van der Waals surface area contributed by atoms with Crippen molar-refractivity contribution in [2.45, 2.75) is 6.42 Å². The highest BCUT2D eigenvalue weighted by atomic mass is 19.1. The topological polar surface area (TPSA) is 132 Å². The average Bonchev–Trinajstić information content (AvgIpc) is 3.18. The number of rotatable bonds is 6. The van der Waals surface area contributed by atoms with Gasteiger partial charge >= 0.3 is 0 Å². The number of amides is 1. The first-order chi connectivity index (χ1) is 13.5. The summed E-state index contributed by atoms with van der Waals surface area (Å²) in [6, 6.07) is 7.84. The van der Waals surface area contributed by atoms with Crippen molar-refractivity contribution in [3.05, 3.63) is 76.4 Å². The fourth-order valence-electron chi connectivity index (χ4n) is 2.77. The molecule has 2 aromatic rings. The number of aliphatic hydroxyl groups excluding tert-OH is 1. The average molecular weight is 386 g/mol. The monoisotopic (exact) mass is 386 g/mol. The molecule has 1 aliphatic rings. The molecule has 8 nitrogen and oxygen atoms in total. The Balaban J connectivity index is 2.04. The molecule has 0 bridgehead atoms. The zero-order valence-corrected chi connectivity index (χ0v) is 14.4. The number of allylic oxidation sites excluding steroid dienone is 1. The number of nitrogens with two attached hydrogens (primary N) is 1. The van der Waals surface area contributed by atoms with Crippen LogP contribution in [0.15, 0.2) is 57.9 Å². The van der Waals surface area contributed by atoms with Crippen LogP contribution >= 0.6 is 0 Å². The van der Waals surface area contributed by atoms with E-state index in [2.05, 4.69) is 10.2 Å². The van der Waals surface area contributed by atoms with Gasteiger partial charge in [-0.1, -0.05) is 12.1 Å². The summed E-state index contributed by atoms with van der Waals surface area (Å²) < 4.78 is 18.8. The molecule has 1 aromatic carbocycles. The van der Waals surface area contributed by atoms with E-state index in [1.807, 2.05) is 0 Å². The maximum Gasteiger partial charge on any atom is 0.286 e. The molecule has 2 heterocycles. The molecule has 0 saturated heterocycles. The number of carbonyl (C=O) groups is 3. The largest absolute Gasteiger partial charge is 0.503 e. The highest BCUT2D eigenvalue weighted by molar-refractivity contribution is 6.12. The van der Waals surface area contributed by atoms with Gasteiger partial charge in [0, 0.05) is 6.54 Å². The molecule has 28 heavy (non-hydrogen) atoms. The molecule has 9 heteroatoms. The quantitative estimate of drug-likeness (QED) is 0.227. The van der Waals surface area contributed by atoms with Gasteiger partial charge in [-0.05, 0) is 36.2 Å². The number of halogens is 1. The van der Waals surface area contributed by atoms with Gasteiger partial charge in [-0.3, -0.25) is 14.4 Å². The minimum absolute atomic E-state index is 0.0582. The van der Waals surface area contributed by atoms with Crippen LogP contribution in [0, 0.1) is 5.82 Å². The molecule has 144 valence electrons. The van der Waals surface area contributed by atoms with Gasteiger partial charge in [-0.25, -0.2) is 4.39 Å². The maximum absolute atomic E-state index is 13.2. The van der Waals surface area contributed by atoms with E-state index in [1.165, 1.54) is 36.4 Å². The van der Waals surface area contributed by atoms with Crippen molar-refractivity contribution in [2.24, 2.45) is 5.90 Å². The van der Waals surface area contributed by atoms with E-state index in [4.69, 9.17) is 10.3 Å². The van der Waals surface area contributed by atoms with Crippen LogP contribution in [0.1, 0.15) is 28.3 Å². The van der Waals surface area contributed by atoms with Crippen molar-refractivity contribution in [3.63, 3.8) is 0 Å². The lowest BCUT2D eigenvalue weighted by Gasteiger charge is -2.14. The molecule has 0 atom stereocenters. The molecule has 0 unspecified atom stereocenters. The first-order valence-corrected chi connectivity index (χ1v) is 8.13. The molecule has 1 aromatic heterocycles. The third kappa shape index (κ3) is 3.55. The lowest BCUT2D eigenvalue weighted by molar-refractivity contribution is -0.120. The van der Waals surface area contributed by atoms with Crippen LogP contribution in [0.25, 0.3) is 5.57 Å². The highest BCUT2D eigenvalue weighted by Gasteiger charge is 2.28. The predicted octanol–water partition coefficient (Wildman–Crippen LogP) is 1.78. The minimum Gasteiger partial charge on any atom is -0.503 e. The third-order valence-corrected chi connectivity index (χ3v) is 4.13. The summed E-state index contributed by atoms with van der Waals surface area (Å²) in [5.41, 5.74) is 0.389. The fraction of sp³-hybridized carbons (Fsp3) is 0.105. The smallest absolute Gasteiger partial charge is 0.286 e. The number of aldehydes is 1. The number of aliphatic hydroxyl groups is 1. The molecule has 4 N–H and O–H groups in total. The van der Waals surface area contributed by atoms with E-state index in [0.717, 1.165) is 0 Å². The number of nitrogens with one attached hydrogen (secondary N) is 1. The molecule has 0 fully saturated rings. The summed E-state index contributed by atoms with van der Waals surface area (Å²) in [5, 5.41) is 12.2. The molecule has 1 amide bonds. The van der Waals surface area contributed by atoms with E-state index in [0.29, 0.717) is 11.8 Å². The summed E-state index contributed by atoms with van der Waals surface area (Å²) in [6.45, 7) is 0.203. The molecule has 3 rings (SSSR count). The van der Waals surface area contributed by atoms with Crippen LogP contribution in [-0.2, 0) is 14.4 Å². The lowest BCUT2D eigenvalue weighted by Crippen LogP contribution is -2.33. The highest BCUT2D eigenvalue weighted by Crippen LogP contribution is 2.29. The Labute approximate surface area is 158 Å². The molecular weight excluding hydrogens is 371 g/mol. The second-order valence-corrected chi connectivity index (χ2v) is 5.81. The zero-order chi connectivity index (χ0) is 20.3. The van der Waals surface area contributed by atoms with Crippen LogP contribution in [0.2, 0.25) is 0 Å². The number of Topliss-reactive ketones (excluding diaryl/α,β-unsaturated/α-hetero) is 1. The van der Waals surface area contributed by atoms with Crippen molar-refractivity contribution in [3.8, 4) is 0 Å². The Hall–Kier alpha value is -3.72. The SMILES string of the molecule is NO/C(C=O)=C(\c1ccc(F)cc1)c1ccc(C(=O)C2=C(O)C(=O)NCC2)o1. The lowest BCUT2D eigenvalue weighted by atomic mass is 10.0. The first kappa shape index (κ1) is 19.1. The van der Waals surface area contributed by atoms with E-state index >= 15 is 0 Å². The number of furan rings is 1. The van der Waals surface area contributed by atoms with Gasteiger partial charge < -0.3 is 19.7 Å². The third-order valence-electron chi connectivity index (χ3n) is 4.13. The Morgan fingerprint density at radius 3 is 2.54 bits per heavy atom. The Kier molecular flexibility index (Phi) is 5.37. The summed E-state index contributed by atoms with van der Waals surface area (Å²) in [5.74, 6) is 2.19. The van der Waals surface area contributed by atoms with Crippen molar-refractivity contribution in [1.29, 1.82) is 0 Å². The van der Waals surface area contributed by atoms with Crippen molar-refractivity contribution >= 4 is 23.5 Å². The standard InChI is InChI=1S/C19H15FN2O6/c20-11-3-1-10(2-4-11)16(15(9-23)28-21)13-5-6-14(27-13)17(24)12-7-8-22-19(26)18(12)25/h1-6,9,25H,7-8,21H2,(H,22,26)/b16-15+. The predicted molar refractivity (Wildman–Crippen MR) is 94.1 cm³/mol. The van der Waals surface area contributed by atoms with Crippen molar-refractivity contribution in [2.75, 3.05) is 6.54 Å². The Morgan fingerprint density at radius 1 is 1.21 bits per heavy atom. The van der Waals surface area contributed by atoms with Crippen molar-refractivity contribution in [1.82, 2.24) is 5.32 Å². The number of hydrogen-bond donors (Lipinski definition) is 3. The van der Waals surface area contributed by atoms with Crippen LogP contribution in [0.5, 0.6) is 0 Å². The molecule has 0 spiro atoms. The summed E-state index contributed by atoms with van der Waals surface area (Å²) >= 11 is 0. The Bertz CT molecular complexity index is 1000. The fourth-order valence-corrected chi connectivity index (χ4v) is 2.77. The van der Waals surface area contributed by atoms with E-state index < -0.39 is 23.3 Å². The van der Waals surface area contributed by atoms with Crippen molar-refractivity contribution < 1.29 is 33.1 Å². The maximum atomic E-state index is 13.2. The van der Waals surface area contributed by atoms with E-state index in [-0.39, 0.29) is 41.4 Å². The normalized spacial score (nSPS) is 15.0. The Morgan fingerprint density at radius 2 is 1.89 bits per heavy atom. The first-order valence-electron chi connectivity index (χ1n) is 8.13. The molecule has 1 aliphatic heterocycles. The van der Waals surface area contributed by atoms with Gasteiger partial charge in [0.25, 0.3) is 5.91 Å². The van der Waals surface area contributed by atoms with Gasteiger partial charge in [-0.2, -0.15) is 5.90 Å². The number of hydrogen-bond acceptors (Lipinski definition) is 7. The van der Waals surface area contributed by atoms with Crippen LogP contribution in [-0.4, -0.2) is 29.6 Å². The minimum atomic E-state index is -0.743.